The third-order valence-corrected chi connectivity index (χ3v) is 6.05. The number of nitrogens with zero attached hydrogens (tertiary/aromatic N) is 4. The van der Waals surface area contributed by atoms with Crippen molar-refractivity contribution in [3.8, 4) is 28.6 Å². The number of ether oxygens (including phenoxy) is 3. The molecule has 2 aromatic carbocycles. The average Bonchev–Trinajstić information content (AvgIpc) is 3.18. The summed E-state index contributed by atoms with van der Waals surface area (Å²) in [4.78, 5) is 15.8. The van der Waals surface area contributed by atoms with Crippen LogP contribution in [0.15, 0.2) is 52.6 Å². The van der Waals surface area contributed by atoms with Gasteiger partial charge in [0.15, 0.2) is 17.2 Å². The van der Waals surface area contributed by atoms with Crippen molar-refractivity contribution in [2.45, 2.75) is 11.4 Å². The summed E-state index contributed by atoms with van der Waals surface area (Å²) in [5, 5.41) is 24.0. The molecule has 3 heterocycles. The van der Waals surface area contributed by atoms with Crippen LogP contribution in [0.5, 0.6) is 17.4 Å². The molecule has 3 aromatic rings. The molecule has 1 N–H and O–H groups in total. The lowest BCUT2D eigenvalue weighted by Gasteiger charge is -2.19. The van der Waals surface area contributed by atoms with Crippen molar-refractivity contribution < 1.29 is 19.1 Å². The molecule has 0 fully saturated rings. The van der Waals surface area contributed by atoms with E-state index in [1.54, 1.807) is 12.1 Å². The molecular formula is C20H14BrN5O5S. The van der Waals surface area contributed by atoms with E-state index in [-0.39, 0.29) is 23.9 Å². The van der Waals surface area contributed by atoms with Crippen LogP contribution in [-0.2, 0) is 0 Å². The number of halogens is 1. The number of nitro benzene ring substituents is 1. The maximum Gasteiger partial charge on any atom is 0.282 e. The zero-order valence-corrected chi connectivity index (χ0v) is 18.7. The maximum absolute atomic E-state index is 11.8. The van der Waals surface area contributed by atoms with Crippen LogP contribution in [0.1, 0.15) is 11.8 Å². The number of nitro groups is 1. The minimum absolute atomic E-state index is 0.00435. The molecule has 2 aliphatic rings. The van der Waals surface area contributed by atoms with Crippen molar-refractivity contribution in [3.63, 3.8) is 0 Å². The molecular weight excluding hydrogens is 502 g/mol. The highest BCUT2D eigenvalue weighted by atomic mass is 79.9. The molecule has 0 spiro atoms. The summed E-state index contributed by atoms with van der Waals surface area (Å²) in [6.45, 7) is 3.69. The first-order chi connectivity index (χ1) is 15.5. The number of fused-ring (bicyclic) bond motifs is 4. The number of hydrogen-bond acceptors (Lipinski definition) is 10. The van der Waals surface area contributed by atoms with E-state index in [1.807, 2.05) is 18.2 Å². The molecule has 0 saturated heterocycles. The standard InChI is InChI=1S/C20H14BrN5O5S/c1-2-5-32-20-23-19-17(24-25-20)11-6-10(21)3-4-13(11)22-18(31-19)12-7-15-16(30-9-29-15)8-14(12)26(27)28/h2-4,6-8,18,22H,1,5,9H2/t18-/m0/s1. The van der Waals surface area contributed by atoms with Crippen LogP contribution in [0.25, 0.3) is 11.3 Å². The third kappa shape index (κ3) is 3.71. The first kappa shape index (κ1) is 20.5. The number of anilines is 1. The Hall–Kier alpha value is -3.38. The number of aromatic nitrogens is 3. The van der Waals surface area contributed by atoms with E-state index >= 15 is 0 Å². The summed E-state index contributed by atoms with van der Waals surface area (Å²) in [7, 11) is 0. The zero-order valence-electron chi connectivity index (χ0n) is 16.3. The molecule has 1 atom stereocenters. The van der Waals surface area contributed by atoms with Crippen LogP contribution < -0.4 is 19.5 Å². The van der Waals surface area contributed by atoms with E-state index in [1.165, 1.54) is 17.8 Å². The summed E-state index contributed by atoms with van der Waals surface area (Å²) in [6.07, 6.45) is 0.785. The van der Waals surface area contributed by atoms with Crippen LogP contribution in [-0.4, -0.2) is 32.7 Å². The minimum atomic E-state index is -0.944. The van der Waals surface area contributed by atoms with E-state index in [0.29, 0.717) is 39.4 Å². The summed E-state index contributed by atoms with van der Waals surface area (Å²) in [5.74, 6) is 1.51. The van der Waals surface area contributed by atoms with E-state index in [2.05, 4.69) is 43.0 Å². The molecule has 1 aromatic heterocycles. The molecule has 0 bridgehead atoms. The Balaban J connectivity index is 1.66. The monoisotopic (exact) mass is 515 g/mol. The van der Waals surface area contributed by atoms with Gasteiger partial charge < -0.3 is 19.5 Å². The quantitative estimate of drug-likeness (QED) is 0.221. The molecule has 12 heteroatoms. The van der Waals surface area contributed by atoms with Gasteiger partial charge in [-0.05, 0) is 24.3 Å². The average molecular weight is 516 g/mol. The Morgan fingerprint density at radius 1 is 1.28 bits per heavy atom. The van der Waals surface area contributed by atoms with Crippen LogP contribution >= 0.6 is 27.7 Å². The lowest BCUT2D eigenvalue weighted by atomic mass is 10.1. The Morgan fingerprint density at radius 3 is 2.88 bits per heavy atom. The van der Waals surface area contributed by atoms with E-state index in [4.69, 9.17) is 14.2 Å². The molecule has 0 unspecified atom stereocenters. The number of benzene rings is 2. The van der Waals surface area contributed by atoms with Crippen LogP contribution in [0.2, 0.25) is 0 Å². The second-order valence-corrected chi connectivity index (χ2v) is 8.60. The predicted molar refractivity (Wildman–Crippen MR) is 120 cm³/mol. The Morgan fingerprint density at radius 2 is 2.09 bits per heavy atom. The van der Waals surface area contributed by atoms with Gasteiger partial charge in [0.1, 0.15) is 0 Å². The second kappa shape index (κ2) is 8.28. The molecule has 10 nitrogen and oxygen atoms in total. The fraction of sp³-hybridized carbons (Fsp3) is 0.150. The van der Waals surface area contributed by atoms with Gasteiger partial charge in [-0.2, -0.15) is 4.98 Å². The van der Waals surface area contributed by atoms with Gasteiger partial charge in [0, 0.05) is 21.5 Å². The first-order valence-corrected chi connectivity index (χ1v) is 11.1. The third-order valence-electron chi connectivity index (χ3n) is 4.72. The van der Waals surface area contributed by atoms with Gasteiger partial charge >= 0.3 is 0 Å². The summed E-state index contributed by atoms with van der Waals surface area (Å²) in [6, 6.07) is 8.40. The molecule has 0 aliphatic carbocycles. The van der Waals surface area contributed by atoms with Crippen LogP contribution in [0, 0.1) is 10.1 Å². The molecule has 0 amide bonds. The van der Waals surface area contributed by atoms with Gasteiger partial charge in [0.2, 0.25) is 24.1 Å². The van der Waals surface area contributed by atoms with E-state index < -0.39 is 11.2 Å². The topological polar surface area (TPSA) is 122 Å². The lowest BCUT2D eigenvalue weighted by molar-refractivity contribution is -0.386. The van der Waals surface area contributed by atoms with Crippen molar-refractivity contribution in [2.24, 2.45) is 0 Å². The normalized spacial score (nSPS) is 15.6. The van der Waals surface area contributed by atoms with Gasteiger partial charge in [-0.25, -0.2) is 0 Å². The van der Waals surface area contributed by atoms with Crippen LogP contribution in [0.3, 0.4) is 0 Å². The van der Waals surface area contributed by atoms with Crippen molar-refractivity contribution in [1.82, 2.24) is 15.2 Å². The van der Waals surface area contributed by atoms with Crippen molar-refractivity contribution in [1.29, 1.82) is 0 Å². The first-order valence-electron chi connectivity index (χ1n) is 9.33. The van der Waals surface area contributed by atoms with Gasteiger partial charge in [0.05, 0.1) is 16.6 Å². The van der Waals surface area contributed by atoms with Crippen molar-refractivity contribution >= 4 is 39.1 Å². The predicted octanol–water partition coefficient (Wildman–Crippen LogP) is 4.72. The zero-order chi connectivity index (χ0) is 22.2. The number of nitrogens with one attached hydrogen (secondary N) is 1. The van der Waals surface area contributed by atoms with Gasteiger partial charge in [-0.3, -0.25) is 10.1 Å². The summed E-state index contributed by atoms with van der Waals surface area (Å²) in [5.41, 5.74) is 1.87. The molecule has 32 heavy (non-hydrogen) atoms. The second-order valence-electron chi connectivity index (χ2n) is 6.70. The van der Waals surface area contributed by atoms with Gasteiger partial charge in [0.25, 0.3) is 5.69 Å². The number of rotatable bonds is 5. The molecule has 5 rings (SSSR count). The molecule has 0 saturated carbocycles. The van der Waals surface area contributed by atoms with Crippen molar-refractivity contribution in [3.05, 3.63) is 63.1 Å². The fourth-order valence-corrected chi connectivity index (χ4v) is 4.19. The highest BCUT2D eigenvalue weighted by molar-refractivity contribution is 9.10. The van der Waals surface area contributed by atoms with Crippen molar-refractivity contribution in [2.75, 3.05) is 17.9 Å². The largest absolute Gasteiger partial charge is 0.454 e. The van der Waals surface area contributed by atoms with E-state index in [9.17, 15) is 10.1 Å². The van der Waals surface area contributed by atoms with E-state index in [0.717, 1.165) is 4.47 Å². The maximum atomic E-state index is 11.8. The molecule has 0 radical (unpaired) electrons. The minimum Gasteiger partial charge on any atom is -0.454 e. The Bertz CT molecular complexity index is 1260. The SMILES string of the molecule is C=CCSc1nnc2c(n1)O[C@@H](c1cc3c(cc1[N+](=O)[O-])OCO3)Nc1ccc(Br)cc1-2. The highest BCUT2D eigenvalue weighted by Crippen LogP contribution is 2.45. The number of thioether (sulfide) groups is 1. The summed E-state index contributed by atoms with van der Waals surface area (Å²) >= 11 is 4.82. The fourth-order valence-electron chi connectivity index (χ4n) is 3.32. The molecule has 162 valence electrons. The lowest BCUT2D eigenvalue weighted by Crippen LogP contribution is -2.18. The highest BCUT2D eigenvalue weighted by Gasteiger charge is 2.33. The van der Waals surface area contributed by atoms with Crippen LogP contribution in [0.4, 0.5) is 11.4 Å². The Labute approximate surface area is 194 Å². The molecule has 2 aliphatic heterocycles. The van der Waals surface area contributed by atoms with Gasteiger partial charge in [-0.1, -0.05) is 33.8 Å². The smallest absolute Gasteiger partial charge is 0.282 e. The number of hydrogen-bond donors (Lipinski definition) is 1. The van der Waals surface area contributed by atoms with Gasteiger partial charge in [-0.15, -0.1) is 16.8 Å². The Kier molecular flexibility index (Phi) is 5.31. The summed E-state index contributed by atoms with van der Waals surface area (Å²) < 4.78 is 17.7.